The highest BCUT2D eigenvalue weighted by atomic mass is 19.4. The third-order valence-electron chi connectivity index (χ3n) is 6.55. The van der Waals surface area contributed by atoms with Gasteiger partial charge in [-0.05, 0) is 44.2 Å². The van der Waals surface area contributed by atoms with E-state index in [0.29, 0.717) is 19.3 Å². The molecule has 7 nitrogen and oxygen atoms in total. The first-order chi connectivity index (χ1) is 15.0. The van der Waals surface area contributed by atoms with Gasteiger partial charge in [0.1, 0.15) is 0 Å². The highest BCUT2D eigenvalue weighted by Crippen LogP contribution is 2.73. The van der Waals surface area contributed by atoms with Gasteiger partial charge >= 0.3 is 18.1 Å². The molecule has 1 unspecified atom stereocenters. The van der Waals surface area contributed by atoms with Gasteiger partial charge in [-0.15, -0.1) is 0 Å². The van der Waals surface area contributed by atoms with Gasteiger partial charge in [-0.3, -0.25) is 14.5 Å². The summed E-state index contributed by atoms with van der Waals surface area (Å²) < 4.78 is 31.7. The lowest BCUT2D eigenvalue weighted by Crippen LogP contribution is -2.71. The van der Waals surface area contributed by atoms with Crippen LogP contribution >= 0.6 is 0 Å². The van der Waals surface area contributed by atoms with Crippen LogP contribution in [0.4, 0.5) is 13.2 Å². The van der Waals surface area contributed by atoms with E-state index in [1.165, 1.54) is 5.56 Å². The van der Waals surface area contributed by atoms with Crippen molar-refractivity contribution in [2.45, 2.75) is 57.3 Å². The molecule has 0 radical (unpaired) electrons. The van der Waals surface area contributed by atoms with Crippen LogP contribution in [0, 0.1) is 10.8 Å². The van der Waals surface area contributed by atoms with Gasteiger partial charge < -0.3 is 15.5 Å². The number of amides is 1. The number of hydrogen-bond acceptors (Lipinski definition) is 4. The van der Waals surface area contributed by atoms with Crippen LogP contribution in [0.3, 0.4) is 0 Å². The van der Waals surface area contributed by atoms with Crippen LogP contribution in [-0.4, -0.2) is 58.3 Å². The lowest BCUT2D eigenvalue weighted by Gasteiger charge is -2.66. The van der Waals surface area contributed by atoms with Crippen molar-refractivity contribution in [3.63, 3.8) is 0 Å². The summed E-state index contributed by atoms with van der Waals surface area (Å²) in [4.78, 5) is 35.2. The lowest BCUT2D eigenvalue weighted by atomic mass is 9.35. The van der Waals surface area contributed by atoms with Crippen LogP contribution in [0.15, 0.2) is 30.3 Å². The number of carbonyl (C=O) groups excluding carboxylic acids is 1. The number of halogens is 3. The number of carboxylic acids is 2. The van der Waals surface area contributed by atoms with E-state index in [2.05, 4.69) is 34.5 Å². The minimum absolute atomic E-state index is 0.0854. The molecule has 10 heteroatoms. The molecule has 5 rings (SSSR count). The average Bonchev–Trinajstić information content (AvgIpc) is 2.84. The Kier molecular flexibility index (Phi) is 6.83. The van der Waals surface area contributed by atoms with E-state index in [1.807, 2.05) is 6.07 Å². The molecule has 4 aliphatic rings. The molecule has 2 bridgehead atoms. The summed E-state index contributed by atoms with van der Waals surface area (Å²) in [5.41, 5.74) is 0.340. The fraction of sp³-hybridized carbons (Fsp3) is 0.591. The fourth-order valence-corrected chi connectivity index (χ4v) is 4.92. The zero-order valence-electron chi connectivity index (χ0n) is 17.5. The van der Waals surface area contributed by atoms with E-state index in [1.54, 1.807) is 0 Å². The summed E-state index contributed by atoms with van der Waals surface area (Å²) in [6.07, 6.45) is -0.198. The summed E-state index contributed by atoms with van der Waals surface area (Å²) in [6, 6.07) is 10.6. The number of carbonyl (C=O) groups is 3. The molecule has 1 heterocycles. The van der Waals surface area contributed by atoms with Crippen molar-refractivity contribution in [1.82, 2.24) is 10.2 Å². The maximum absolute atomic E-state index is 12.7. The van der Waals surface area contributed by atoms with Gasteiger partial charge in [0.05, 0.1) is 10.8 Å². The number of hydrogen-bond donors (Lipinski definition) is 3. The van der Waals surface area contributed by atoms with Crippen LogP contribution in [0.5, 0.6) is 0 Å². The van der Waals surface area contributed by atoms with Crippen molar-refractivity contribution in [3.8, 4) is 0 Å². The molecule has 0 aromatic heterocycles. The summed E-state index contributed by atoms with van der Waals surface area (Å²) in [5.74, 6) is -3.40. The number of nitrogens with one attached hydrogen (secondary N) is 1. The Hall–Kier alpha value is -2.62. The van der Waals surface area contributed by atoms with E-state index < -0.39 is 23.5 Å². The van der Waals surface area contributed by atoms with Crippen molar-refractivity contribution in [3.05, 3.63) is 35.9 Å². The maximum atomic E-state index is 12.7. The zero-order chi connectivity index (χ0) is 23.6. The number of benzene rings is 1. The Morgan fingerprint density at radius 3 is 2.16 bits per heavy atom. The van der Waals surface area contributed by atoms with E-state index in [-0.39, 0.29) is 17.4 Å². The lowest BCUT2D eigenvalue weighted by molar-refractivity contribution is -0.220. The second-order valence-electron chi connectivity index (χ2n) is 9.09. The number of likely N-dealkylation sites (tertiary alicyclic amines) is 1. The molecule has 1 aromatic carbocycles. The average molecular weight is 456 g/mol. The predicted molar refractivity (Wildman–Crippen MR) is 108 cm³/mol. The van der Waals surface area contributed by atoms with E-state index in [9.17, 15) is 27.9 Å². The zero-order valence-corrected chi connectivity index (χ0v) is 17.5. The standard InChI is InChI=1S/C20H26N2O3.C2HF3O2/c23-17(19-12-20(13-19,14-19)18(24)25)21-16-8-4-5-9-22(11-16)10-15-6-2-1-3-7-15;3-2(4,5)1(6)7/h1-3,6-7,16H,4-5,8-14H2,(H,21,23)(H,24,25);(H,6,7). The molecule has 1 saturated heterocycles. The molecule has 1 amide bonds. The number of alkyl halides is 3. The second-order valence-corrected chi connectivity index (χ2v) is 9.09. The van der Waals surface area contributed by atoms with E-state index >= 15 is 0 Å². The molecule has 0 spiro atoms. The molecule has 1 atom stereocenters. The van der Waals surface area contributed by atoms with Crippen LogP contribution < -0.4 is 5.32 Å². The van der Waals surface area contributed by atoms with Gasteiger partial charge in [-0.1, -0.05) is 36.8 Å². The SMILES string of the molecule is O=C(O)C(F)(F)F.O=C(O)C12CC(C(=O)NC3CCCCN(Cc4ccccc4)C3)(C1)C2. The Bertz CT molecular complexity index is 839. The van der Waals surface area contributed by atoms with E-state index in [4.69, 9.17) is 9.90 Å². The van der Waals surface area contributed by atoms with Gasteiger partial charge in [0, 0.05) is 19.1 Å². The highest BCUT2D eigenvalue weighted by Gasteiger charge is 2.75. The number of nitrogens with zero attached hydrogens (tertiary/aromatic N) is 1. The van der Waals surface area contributed by atoms with Crippen LogP contribution in [0.25, 0.3) is 0 Å². The first-order valence-corrected chi connectivity index (χ1v) is 10.6. The van der Waals surface area contributed by atoms with Crippen LogP contribution in [0.1, 0.15) is 44.1 Å². The normalized spacial score (nSPS) is 29.3. The van der Waals surface area contributed by atoms with E-state index in [0.717, 1.165) is 38.9 Å². The number of aliphatic carboxylic acids is 2. The monoisotopic (exact) mass is 456 g/mol. The quantitative estimate of drug-likeness (QED) is 0.629. The molecule has 32 heavy (non-hydrogen) atoms. The molecule has 1 aliphatic heterocycles. The predicted octanol–water partition coefficient (Wildman–Crippen LogP) is 3.05. The van der Waals surface area contributed by atoms with Crippen molar-refractivity contribution >= 4 is 17.8 Å². The third kappa shape index (κ3) is 5.23. The molecule has 3 N–H and O–H groups in total. The summed E-state index contributed by atoms with van der Waals surface area (Å²) in [7, 11) is 0. The van der Waals surface area contributed by atoms with Crippen molar-refractivity contribution in [2.24, 2.45) is 10.8 Å². The topological polar surface area (TPSA) is 107 Å². The molecule has 3 saturated carbocycles. The molecular formula is C22H27F3N2O5. The van der Waals surface area contributed by atoms with Crippen molar-refractivity contribution < 1.29 is 37.8 Å². The minimum Gasteiger partial charge on any atom is -0.481 e. The Morgan fingerprint density at radius 1 is 1.03 bits per heavy atom. The number of rotatable bonds is 5. The number of carboxylic acid groups (broad SMARTS) is 2. The Morgan fingerprint density at radius 2 is 1.62 bits per heavy atom. The van der Waals surface area contributed by atoms with Crippen molar-refractivity contribution in [2.75, 3.05) is 13.1 Å². The summed E-state index contributed by atoms with van der Waals surface area (Å²) in [5, 5.41) is 19.6. The highest BCUT2D eigenvalue weighted by molar-refractivity contribution is 5.93. The van der Waals surface area contributed by atoms with Gasteiger partial charge in [-0.2, -0.15) is 13.2 Å². The summed E-state index contributed by atoms with van der Waals surface area (Å²) >= 11 is 0. The fourth-order valence-electron chi connectivity index (χ4n) is 4.92. The van der Waals surface area contributed by atoms with Gasteiger partial charge in [-0.25, -0.2) is 4.79 Å². The largest absolute Gasteiger partial charge is 0.490 e. The maximum Gasteiger partial charge on any atom is 0.490 e. The third-order valence-corrected chi connectivity index (χ3v) is 6.55. The molecule has 1 aromatic rings. The molecule has 4 fully saturated rings. The summed E-state index contributed by atoms with van der Waals surface area (Å²) in [6.45, 7) is 2.86. The molecule has 3 aliphatic carbocycles. The molecular weight excluding hydrogens is 429 g/mol. The van der Waals surface area contributed by atoms with Crippen LogP contribution in [0.2, 0.25) is 0 Å². The minimum atomic E-state index is -5.08. The molecule has 176 valence electrons. The van der Waals surface area contributed by atoms with Gasteiger partial charge in [0.25, 0.3) is 0 Å². The first kappa shape index (κ1) is 24.0. The van der Waals surface area contributed by atoms with Crippen molar-refractivity contribution in [1.29, 1.82) is 0 Å². The Labute approximate surface area is 183 Å². The van der Waals surface area contributed by atoms with Gasteiger partial charge in [0.2, 0.25) is 5.91 Å². The smallest absolute Gasteiger partial charge is 0.481 e. The first-order valence-electron chi connectivity index (χ1n) is 10.6. The second kappa shape index (κ2) is 9.09. The Balaban J connectivity index is 0.000000360. The van der Waals surface area contributed by atoms with Crippen LogP contribution in [-0.2, 0) is 20.9 Å². The van der Waals surface area contributed by atoms with Gasteiger partial charge in [0.15, 0.2) is 0 Å².